The maximum absolute atomic E-state index is 2.35. The summed E-state index contributed by atoms with van der Waals surface area (Å²) in [6.07, 6.45) is 10.5. The summed E-state index contributed by atoms with van der Waals surface area (Å²) in [7, 11) is 0. The molecule has 0 heterocycles. The average Bonchev–Trinajstić information content (AvgIpc) is 2.07. The van der Waals surface area contributed by atoms with Crippen LogP contribution in [0.4, 0.5) is 0 Å². The molecule has 0 heteroatoms. The maximum Gasteiger partial charge on any atom is -0.0323 e. The summed E-state index contributed by atoms with van der Waals surface area (Å²) in [5, 5.41) is 0. The van der Waals surface area contributed by atoms with E-state index < -0.39 is 0 Å². The average molecular weight is 154 g/mol. The van der Waals surface area contributed by atoms with Crippen LogP contribution in [0.3, 0.4) is 0 Å². The van der Waals surface area contributed by atoms with Crippen molar-refractivity contribution in [1.29, 1.82) is 0 Å². The molecular formula is C11H22. The van der Waals surface area contributed by atoms with Crippen LogP contribution >= 0.6 is 0 Å². The van der Waals surface area contributed by atoms with Crippen molar-refractivity contribution in [2.45, 2.75) is 59.3 Å². The van der Waals surface area contributed by atoms with Gasteiger partial charge < -0.3 is 0 Å². The monoisotopic (exact) mass is 154 g/mol. The van der Waals surface area contributed by atoms with E-state index in [1.807, 2.05) is 0 Å². The van der Waals surface area contributed by atoms with E-state index in [4.69, 9.17) is 0 Å². The van der Waals surface area contributed by atoms with Gasteiger partial charge in [0.1, 0.15) is 0 Å². The summed E-state index contributed by atoms with van der Waals surface area (Å²) in [6, 6.07) is 0. The first-order chi connectivity index (χ1) is 5.31. The SMILES string of the molecule is CC1=CCCCC1.CCCC. The molecule has 0 aliphatic heterocycles. The molecular weight excluding hydrogens is 132 g/mol. The van der Waals surface area contributed by atoms with Crippen molar-refractivity contribution in [2.24, 2.45) is 0 Å². The van der Waals surface area contributed by atoms with Gasteiger partial charge in [-0.25, -0.2) is 0 Å². The van der Waals surface area contributed by atoms with Crippen molar-refractivity contribution in [2.75, 3.05) is 0 Å². The van der Waals surface area contributed by atoms with Crippen LogP contribution in [0.2, 0.25) is 0 Å². The molecule has 0 aromatic rings. The Morgan fingerprint density at radius 3 is 2.00 bits per heavy atom. The third-order valence-corrected chi connectivity index (χ3v) is 2.02. The van der Waals surface area contributed by atoms with Gasteiger partial charge in [0, 0.05) is 0 Å². The largest absolute Gasteiger partial charge is 0.0856 e. The third-order valence-electron chi connectivity index (χ3n) is 2.02. The van der Waals surface area contributed by atoms with Crippen molar-refractivity contribution in [3.8, 4) is 0 Å². The number of allylic oxidation sites excluding steroid dienone is 2. The zero-order valence-electron chi connectivity index (χ0n) is 8.32. The van der Waals surface area contributed by atoms with Gasteiger partial charge in [0.05, 0.1) is 0 Å². The van der Waals surface area contributed by atoms with E-state index in [1.165, 1.54) is 38.5 Å². The third kappa shape index (κ3) is 7.64. The number of hydrogen-bond donors (Lipinski definition) is 0. The minimum absolute atomic E-state index is 1.32. The molecule has 0 aromatic heterocycles. The first-order valence-corrected chi connectivity index (χ1v) is 4.96. The highest BCUT2D eigenvalue weighted by atomic mass is 14.0. The molecule has 0 aromatic carbocycles. The lowest BCUT2D eigenvalue weighted by Crippen LogP contribution is -1.85. The maximum atomic E-state index is 2.35. The predicted molar refractivity (Wildman–Crippen MR) is 52.8 cm³/mol. The predicted octanol–water partition coefficient (Wildman–Crippen LogP) is 4.31. The highest BCUT2D eigenvalue weighted by molar-refractivity contribution is 5.00. The second kappa shape index (κ2) is 7.84. The van der Waals surface area contributed by atoms with E-state index >= 15 is 0 Å². The number of hydrogen-bond acceptors (Lipinski definition) is 0. The summed E-state index contributed by atoms with van der Waals surface area (Å²) in [5.41, 5.74) is 1.59. The summed E-state index contributed by atoms with van der Waals surface area (Å²) >= 11 is 0. The fourth-order valence-electron chi connectivity index (χ4n) is 0.999. The fraction of sp³-hybridized carbons (Fsp3) is 0.818. The van der Waals surface area contributed by atoms with Gasteiger partial charge in [-0.05, 0) is 32.6 Å². The lowest BCUT2D eigenvalue weighted by Gasteiger charge is -2.05. The van der Waals surface area contributed by atoms with Crippen LogP contribution in [-0.2, 0) is 0 Å². The van der Waals surface area contributed by atoms with Crippen LogP contribution in [0.1, 0.15) is 59.3 Å². The van der Waals surface area contributed by atoms with Crippen molar-refractivity contribution in [3.05, 3.63) is 11.6 Å². The van der Waals surface area contributed by atoms with E-state index in [9.17, 15) is 0 Å². The molecule has 1 rings (SSSR count). The van der Waals surface area contributed by atoms with Gasteiger partial charge in [0.15, 0.2) is 0 Å². The van der Waals surface area contributed by atoms with Crippen LogP contribution in [0.15, 0.2) is 11.6 Å². The smallest absolute Gasteiger partial charge is 0.0323 e. The van der Waals surface area contributed by atoms with E-state index in [0.717, 1.165) is 0 Å². The molecule has 1 aliphatic carbocycles. The van der Waals surface area contributed by atoms with Gasteiger partial charge in [0.2, 0.25) is 0 Å². The first-order valence-electron chi connectivity index (χ1n) is 4.96. The van der Waals surface area contributed by atoms with Crippen LogP contribution in [0.25, 0.3) is 0 Å². The molecule has 0 N–H and O–H groups in total. The summed E-state index contributed by atoms with van der Waals surface area (Å²) in [4.78, 5) is 0. The van der Waals surface area contributed by atoms with Gasteiger partial charge in [-0.1, -0.05) is 38.3 Å². The Hall–Kier alpha value is -0.260. The molecule has 0 amide bonds. The molecule has 0 nitrogen and oxygen atoms in total. The van der Waals surface area contributed by atoms with Gasteiger partial charge in [-0.2, -0.15) is 0 Å². The Balaban J connectivity index is 0.000000218. The molecule has 1 aliphatic rings. The zero-order chi connectivity index (χ0) is 8.53. The molecule has 0 atom stereocenters. The summed E-state index contributed by atoms with van der Waals surface area (Å²) in [5.74, 6) is 0. The molecule has 11 heavy (non-hydrogen) atoms. The van der Waals surface area contributed by atoms with E-state index in [-0.39, 0.29) is 0 Å². The van der Waals surface area contributed by atoms with Crippen LogP contribution in [0.5, 0.6) is 0 Å². The molecule has 0 saturated heterocycles. The number of unbranched alkanes of at least 4 members (excludes halogenated alkanes) is 1. The van der Waals surface area contributed by atoms with Crippen molar-refractivity contribution >= 4 is 0 Å². The summed E-state index contributed by atoms with van der Waals surface area (Å²) in [6.45, 7) is 6.58. The summed E-state index contributed by atoms with van der Waals surface area (Å²) < 4.78 is 0. The molecule has 0 radical (unpaired) electrons. The van der Waals surface area contributed by atoms with Gasteiger partial charge in [0.25, 0.3) is 0 Å². The molecule has 0 fully saturated rings. The normalized spacial score (nSPS) is 16.5. The van der Waals surface area contributed by atoms with Crippen LogP contribution in [-0.4, -0.2) is 0 Å². The Bertz CT molecular complexity index is 98.6. The van der Waals surface area contributed by atoms with Crippen molar-refractivity contribution in [1.82, 2.24) is 0 Å². The minimum Gasteiger partial charge on any atom is -0.0856 e. The van der Waals surface area contributed by atoms with E-state index in [1.54, 1.807) is 5.57 Å². The Morgan fingerprint density at radius 2 is 1.82 bits per heavy atom. The Morgan fingerprint density at radius 1 is 1.18 bits per heavy atom. The van der Waals surface area contributed by atoms with Gasteiger partial charge in [-0.15, -0.1) is 0 Å². The van der Waals surface area contributed by atoms with E-state index in [0.29, 0.717) is 0 Å². The van der Waals surface area contributed by atoms with Crippen LogP contribution < -0.4 is 0 Å². The van der Waals surface area contributed by atoms with Crippen LogP contribution in [0, 0.1) is 0 Å². The highest BCUT2D eigenvalue weighted by Gasteiger charge is 1.95. The Labute approximate surface area is 71.7 Å². The zero-order valence-corrected chi connectivity index (χ0v) is 8.32. The van der Waals surface area contributed by atoms with Gasteiger partial charge >= 0.3 is 0 Å². The quantitative estimate of drug-likeness (QED) is 0.494. The Kier molecular flexibility index (Phi) is 7.66. The van der Waals surface area contributed by atoms with Crippen molar-refractivity contribution in [3.63, 3.8) is 0 Å². The second-order valence-electron chi connectivity index (χ2n) is 3.30. The lowest BCUT2D eigenvalue weighted by atomic mass is 10.0. The molecule has 66 valence electrons. The highest BCUT2D eigenvalue weighted by Crippen LogP contribution is 2.15. The van der Waals surface area contributed by atoms with E-state index in [2.05, 4.69) is 26.8 Å². The first kappa shape index (κ1) is 10.7. The minimum atomic E-state index is 1.32. The molecule has 0 bridgehead atoms. The number of rotatable bonds is 1. The second-order valence-corrected chi connectivity index (χ2v) is 3.30. The van der Waals surface area contributed by atoms with Crippen molar-refractivity contribution < 1.29 is 0 Å². The molecule has 0 spiro atoms. The molecule has 0 saturated carbocycles. The topological polar surface area (TPSA) is 0 Å². The lowest BCUT2D eigenvalue weighted by molar-refractivity contribution is 0.702. The standard InChI is InChI=1S/C7H12.C4H10/c1-7-5-3-2-4-6-7;1-3-4-2/h5H,2-4,6H2,1H3;3-4H2,1-2H3. The van der Waals surface area contributed by atoms with Gasteiger partial charge in [-0.3, -0.25) is 0 Å². The fourth-order valence-corrected chi connectivity index (χ4v) is 0.999. The molecule has 0 unspecified atom stereocenters.